The minimum atomic E-state index is -0.130. The number of amidine groups is 1. The quantitative estimate of drug-likeness (QED) is 0.119. The van der Waals surface area contributed by atoms with Crippen LogP contribution in [0, 0.1) is 0 Å². The van der Waals surface area contributed by atoms with Crippen LogP contribution in [-0.4, -0.2) is 22.2 Å². The number of carbonyl (C=O) groups excluding carboxylic acids is 1. The lowest BCUT2D eigenvalue weighted by Gasteiger charge is -2.12. The third-order valence-corrected chi connectivity index (χ3v) is 7.46. The van der Waals surface area contributed by atoms with Crippen LogP contribution in [0.25, 0.3) is 28.3 Å². The van der Waals surface area contributed by atoms with E-state index in [1.54, 1.807) is 17.4 Å². The van der Waals surface area contributed by atoms with Crippen LogP contribution >= 0.6 is 11.8 Å². The zero-order valence-corrected chi connectivity index (χ0v) is 22.4. The van der Waals surface area contributed by atoms with Crippen molar-refractivity contribution in [2.24, 2.45) is 10.2 Å². The third-order valence-electron chi connectivity index (χ3n) is 6.47. The van der Waals surface area contributed by atoms with Gasteiger partial charge in [0.05, 0.1) is 23.9 Å². The van der Waals surface area contributed by atoms with Crippen molar-refractivity contribution >= 4 is 35.1 Å². The maximum Gasteiger partial charge on any atom is 0.267 e. The summed E-state index contributed by atoms with van der Waals surface area (Å²) in [5, 5.41) is 9.25. The van der Waals surface area contributed by atoms with Gasteiger partial charge in [0, 0.05) is 0 Å². The highest BCUT2D eigenvalue weighted by atomic mass is 32.2. The zero-order chi connectivity index (χ0) is 27.1. The monoisotopic (exact) mass is 539 g/mol. The Kier molecular flexibility index (Phi) is 7.51. The Morgan fingerprint density at radius 3 is 1.82 bits per heavy atom. The van der Waals surface area contributed by atoms with E-state index in [4.69, 9.17) is 4.42 Å². The van der Waals surface area contributed by atoms with Gasteiger partial charge in [-0.15, -0.1) is 5.10 Å². The van der Waals surface area contributed by atoms with Gasteiger partial charge >= 0.3 is 0 Å². The van der Waals surface area contributed by atoms with Crippen molar-refractivity contribution in [3.8, 4) is 22.3 Å². The van der Waals surface area contributed by atoms with E-state index in [0.717, 1.165) is 33.4 Å². The molecule has 1 saturated heterocycles. The fraction of sp³-hybridized carbons (Fsp3) is 0.0294. The zero-order valence-electron chi connectivity index (χ0n) is 21.6. The number of nitrogens with zero attached hydrogens (tertiary/aromatic N) is 3. The Morgan fingerprint density at radius 1 is 0.675 bits per heavy atom. The van der Waals surface area contributed by atoms with Crippen molar-refractivity contribution in [1.29, 1.82) is 0 Å². The molecule has 6 rings (SSSR count). The Bertz CT molecular complexity index is 1670. The third kappa shape index (κ3) is 5.87. The second kappa shape index (κ2) is 11.8. The summed E-state index contributed by atoms with van der Waals surface area (Å²) in [6, 6.07) is 40.4. The number of hydrogen-bond acceptors (Lipinski definition) is 5. The van der Waals surface area contributed by atoms with Crippen molar-refractivity contribution in [1.82, 2.24) is 4.90 Å². The van der Waals surface area contributed by atoms with Crippen LogP contribution < -0.4 is 0 Å². The first-order valence-corrected chi connectivity index (χ1v) is 13.7. The van der Waals surface area contributed by atoms with Gasteiger partial charge in [0.1, 0.15) is 5.76 Å². The highest BCUT2D eigenvalue weighted by Crippen LogP contribution is 2.34. The van der Waals surface area contributed by atoms with E-state index in [1.165, 1.54) is 11.8 Å². The Morgan fingerprint density at radius 2 is 1.25 bits per heavy atom. The maximum absolute atomic E-state index is 13.4. The molecule has 2 heterocycles. The number of furan rings is 1. The summed E-state index contributed by atoms with van der Waals surface area (Å²) in [5.74, 6) is 0.547. The Hall–Kier alpha value is -4.94. The van der Waals surface area contributed by atoms with Crippen LogP contribution in [0.1, 0.15) is 16.9 Å². The molecular formula is C34H25N3O2S. The molecule has 40 heavy (non-hydrogen) atoms. The first-order chi connectivity index (χ1) is 19.7. The molecule has 0 bridgehead atoms. The molecule has 0 N–H and O–H groups in total. The summed E-state index contributed by atoms with van der Waals surface area (Å²) in [5.41, 5.74) is 6.44. The lowest BCUT2D eigenvalue weighted by atomic mass is 10.0. The molecule has 0 unspecified atom stereocenters. The normalized spacial score (nSPS) is 15.5. The molecule has 194 valence electrons. The fourth-order valence-corrected chi connectivity index (χ4v) is 5.31. The van der Waals surface area contributed by atoms with Crippen molar-refractivity contribution < 1.29 is 9.21 Å². The molecule has 0 aliphatic carbocycles. The average molecular weight is 540 g/mol. The van der Waals surface area contributed by atoms with Crippen LogP contribution in [0.3, 0.4) is 0 Å². The lowest BCUT2D eigenvalue weighted by molar-refractivity contribution is -0.122. The summed E-state index contributed by atoms with van der Waals surface area (Å²) >= 11 is 1.31. The van der Waals surface area contributed by atoms with Gasteiger partial charge in [-0.05, 0) is 63.4 Å². The minimum absolute atomic E-state index is 0.130. The molecule has 0 atom stereocenters. The predicted octanol–water partition coefficient (Wildman–Crippen LogP) is 8.12. The number of hydrogen-bond donors (Lipinski definition) is 0. The van der Waals surface area contributed by atoms with E-state index in [-0.39, 0.29) is 12.5 Å². The van der Waals surface area contributed by atoms with Crippen molar-refractivity contribution in [2.45, 2.75) is 6.54 Å². The van der Waals surface area contributed by atoms with Gasteiger partial charge in [0.15, 0.2) is 5.17 Å². The fourth-order valence-electron chi connectivity index (χ4n) is 4.37. The molecule has 5 aromatic rings. The molecule has 4 aromatic carbocycles. The molecule has 0 saturated carbocycles. The number of rotatable bonds is 7. The second-order valence-corrected chi connectivity index (χ2v) is 10.2. The van der Waals surface area contributed by atoms with Crippen LogP contribution in [-0.2, 0) is 11.3 Å². The summed E-state index contributed by atoms with van der Waals surface area (Å²) in [7, 11) is 0. The average Bonchev–Trinajstić information content (AvgIpc) is 3.63. The van der Waals surface area contributed by atoms with Crippen molar-refractivity contribution in [2.75, 3.05) is 0 Å². The smallest absolute Gasteiger partial charge is 0.267 e. The first-order valence-electron chi connectivity index (χ1n) is 12.9. The van der Waals surface area contributed by atoms with E-state index in [0.29, 0.717) is 15.8 Å². The van der Waals surface area contributed by atoms with E-state index in [2.05, 4.69) is 58.7 Å². The van der Waals surface area contributed by atoms with Crippen LogP contribution in [0.4, 0.5) is 0 Å². The molecular weight excluding hydrogens is 514 g/mol. The van der Waals surface area contributed by atoms with Crippen LogP contribution in [0.2, 0.25) is 0 Å². The number of benzene rings is 4. The summed E-state index contributed by atoms with van der Waals surface area (Å²) in [6.45, 7) is 0.281. The Labute approximate surface area is 237 Å². The van der Waals surface area contributed by atoms with E-state index >= 15 is 0 Å². The van der Waals surface area contributed by atoms with Crippen LogP contribution in [0.15, 0.2) is 147 Å². The summed E-state index contributed by atoms with van der Waals surface area (Å²) in [6.07, 6.45) is 5.19. The molecule has 1 aliphatic heterocycles. The highest BCUT2D eigenvalue weighted by Gasteiger charge is 2.34. The van der Waals surface area contributed by atoms with Gasteiger partial charge in [-0.2, -0.15) is 5.10 Å². The number of carbonyl (C=O) groups is 1. The van der Waals surface area contributed by atoms with E-state index in [1.807, 2.05) is 78.9 Å². The molecule has 1 aliphatic rings. The minimum Gasteiger partial charge on any atom is -0.467 e. The molecule has 1 amide bonds. The molecule has 1 aromatic heterocycles. The molecule has 6 heteroatoms. The van der Waals surface area contributed by atoms with Gasteiger partial charge in [-0.25, -0.2) is 0 Å². The maximum atomic E-state index is 13.4. The topological polar surface area (TPSA) is 58.2 Å². The van der Waals surface area contributed by atoms with Gasteiger partial charge in [-0.1, -0.05) is 109 Å². The molecule has 5 nitrogen and oxygen atoms in total. The van der Waals surface area contributed by atoms with Crippen molar-refractivity contribution in [3.63, 3.8) is 0 Å². The Balaban J connectivity index is 1.22. The summed E-state index contributed by atoms with van der Waals surface area (Å²) < 4.78 is 5.51. The number of thioether (sulfide) groups is 1. The molecule has 0 radical (unpaired) electrons. The van der Waals surface area contributed by atoms with E-state index in [9.17, 15) is 4.79 Å². The van der Waals surface area contributed by atoms with Crippen LogP contribution in [0.5, 0.6) is 0 Å². The van der Waals surface area contributed by atoms with Gasteiger partial charge in [0.2, 0.25) is 0 Å². The summed E-state index contributed by atoms with van der Waals surface area (Å²) in [4.78, 5) is 15.6. The standard InChI is InChI=1S/C34H25N3O2S/c38-33-32(22-25-13-17-29(18-14-25)27-8-3-1-4-9-27)40-34(37(33)24-31-12-7-21-39-31)36-35-23-26-15-19-30(20-16-26)28-10-5-2-6-11-28/h1-23H,24H2/b32-22-,35-23+,36-34+. The lowest BCUT2D eigenvalue weighted by Crippen LogP contribution is -2.28. The SMILES string of the molecule is O=C1/C(=C/c2ccc(-c3ccccc3)cc2)S/C(=N/N=C/c2ccc(-c3ccccc3)cc2)N1Cc1ccco1. The second-order valence-electron chi connectivity index (χ2n) is 9.18. The largest absolute Gasteiger partial charge is 0.467 e. The van der Waals surface area contributed by atoms with Crippen molar-refractivity contribution in [3.05, 3.63) is 149 Å². The first kappa shape index (κ1) is 25.3. The van der Waals surface area contributed by atoms with E-state index < -0.39 is 0 Å². The van der Waals surface area contributed by atoms with Gasteiger partial charge in [-0.3, -0.25) is 9.69 Å². The van der Waals surface area contributed by atoms with Gasteiger partial charge < -0.3 is 4.42 Å². The highest BCUT2D eigenvalue weighted by molar-refractivity contribution is 8.18. The van der Waals surface area contributed by atoms with Gasteiger partial charge in [0.25, 0.3) is 5.91 Å². The molecule has 1 fully saturated rings. The predicted molar refractivity (Wildman–Crippen MR) is 164 cm³/mol. The number of amides is 1. The molecule has 0 spiro atoms.